The average molecular weight is 339 g/mol. The molecular formula is C9H8BrIO. The molecule has 0 saturated carbocycles. The highest BCUT2D eigenvalue weighted by Crippen LogP contribution is 2.57. The molecule has 0 saturated heterocycles. The maximum atomic E-state index is 5.27. The Labute approximate surface area is 93.8 Å². The summed E-state index contributed by atoms with van der Waals surface area (Å²) in [6, 6.07) is 6.20. The first kappa shape index (κ1) is 8.81. The van der Waals surface area contributed by atoms with Crippen molar-refractivity contribution >= 4 is 38.5 Å². The summed E-state index contributed by atoms with van der Waals surface area (Å²) in [5, 5.41) is 0. The third-order valence-corrected chi connectivity index (χ3v) is 5.50. The van der Waals surface area contributed by atoms with Crippen molar-refractivity contribution in [2.45, 2.75) is 8.75 Å². The molecule has 0 spiro atoms. The van der Waals surface area contributed by atoms with Gasteiger partial charge in [-0.3, -0.25) is 0 Å². The molecule has 1 aromatic carbocycles. The van der Waals surface area contributed by atoms with Crippen LogP contribution in [0.2, 0.25) is 0 Å². The van der Waals surface area contributed by atoms with Gasteiger partial charge in [0.25, 0.3) is 0 Å². The molecule has 2 rings (SSSR count). The lowest BCUT2D eigenvalue weighted by Crippen LogP contribution is -2.15. The number of alkyl halides is 2. The van der Waals surface area contributed by atoms with Gasteiger partial charge in [0.05, 0.1) is 15.9 Å². The molecule has 0 heterocycles. The van der Waals surface area contributed by atoms with Crippen molar-refractivity contribution in [3.8, 4) is 5.75 Å². The van der Waals surface area contributed by atoms with Crippen molar-refractivity contribution < 1.29 is 4.74 Å². The molecule has 1 aliphatic rings. The molecule has 2 unspecified atom stereocenters. The van der Waals surface area contributed by atoms with E-state index in [4.69, 9.17) is 4.74 Å². The van der Waals surface area contributed by atoms with Gasteiger partial charge in [-0.2, -0.15) is 0 Å². The van der Waals surface area contributed by atoms with Crippen LogP contribution in [0, 0.1) is 0 Å². The van der Waals surface area contributed by atoms with E-state index in [9.17, 15) is 0 Å². The lowest BCUT2D eigenvalue weighted by Gasteiger charge is -2.33. The summed E-state index contributed by atoms with van der Waals surface area (Å²) in [7, 11) is 1.72. The van der Waals surface area contributed by atoms with Crippen molar-refractivity contribution in [1.82, 2.24) is 0 Å². The smallest absolute Gasteiger partial charge is 0.123 e. The fourth-order valence-corrected chi connectivity index (χ4v) is 3.20. The first-order chi connectivity index (χ1) is 5.75. The fraction of sp³-hybridized carbons (Fsp3) is 0.333. The lowest BCUT2D eigenvalue weighted by molar-refractivity contribution is 0.405. The first-order valence-corrected chi connectivity index (χ1v) is 5.86. The Morgan fingerprint density at radius 3 is 2.92 bits per heavy atom. The summed E-state index contributed by atoms with van der Waals surface area (Å²) in [5.74, 6) is 1.02. The third kappa shape index (κ3) is 1.09. The summed E-state index contributed by atoms with van der Waals surface area (Å²) in [6.07, 6.45) is 0. The second kappa shape index (κ2) is 3.18. The first-order valence-electron chi connectivity index (χ1n) is 3.70. The zero-order valence-corrected chi connectivity index (χ0v) is 10.3. The van der Waals surface area contributed by atoms with Crippen LogP contribution in [-0.2, 0) is 0 Å². The number of hydrogen-bond donors (Lipinski definition) is 0. The van der Waals surface area contributed by atoms with E-state index in [1.54, 1.807) is 7.11 Å². The molecule has 0 amide bonds. The molecule has 1 aliphatic carbocycles. The number of rotatable bonds is 1. The van der Waals surface area contributed by atoms with Crippen LogP contribution in [0.5, 0.6) is 5.75 Å². The van der Waals surface area contributed by atoms with Crippen molar-refractivity contribution in [2.75, 3.05) is 7.11 Å². The highest BCUT2D eigenvalue weighted by molar-refractivity contribution is 14.1. The summed E-state index contributed by atoms with van der Waals surface area (Å²) >= 11 is 6.06. The van der Waals surface area contributed by atoms with Gasteiger partial charge in [0.15, 0.2) is 0 Å². The minimum Gasteiger partial charge on any atom is -0.496 e. The summed E-state index contributed by atoms with van der Waals surface area (Å²) in [4.78, 5) is 0.503. The highest BCUT2D eigenvalue weighted by atomic mass is 127. The van der Waals surface area contributed by atoms with Crippen LogP contribution in [0.25, 0.3) is 0 Å². The number of fused-ring (bicyclic) bond motifs is 1. The molecule has 0 bridgehead atoms. The number of halogens is 2. The maximum absolute atomic E-state index is 5.27. The Morgan fingerprint density at radius 2 is 2.25 bits per heavy atom. The molecule has 0 radical (unpaired) electrons. The van der Waals surface area contributed by atoms with Crippen LogP contribution >= 0.6 is 38.5 Å². The van der Waals surface area contributed by atoms with Gasteiger partial charge in [-0.1, -0.05) is 50.7 Å². The van der Waals surface area contributed by atoms with E-state index in [-0.39, 0.29) is 0 Å². The van der Waals surface area contributed by atoms with Gasteiger partial charge in [0, 0.05) is 5.56 Å². The topological polar surface area (TPSA) is 9.23 Å². The summed E-state index contributed by atoms with van der Waals surface area (Å²) in [5.41, 5.74) is 2.72. The second-order valence-electron chi connectivity index (χ2n) is 2.77. The quantitative estimate of drug-likeness (QED) is 0.561. The Morgan fingerprint density at radius 1 is 1.50 bits per heavy atom. The van der Waals surface area contributed by atoms with E-state index in [0.717, 1.165) is 5.75 Å². The van der Waals surface area contributed by atoms with Gasteiger partial charge < -0.3 is 4.74 Å². The Kier molecular flexibility index (Phi) is 2.33. The summed E-state index contributed by atoms with van der Waals surface area (Å²) in [6.45, 7) is 0. The van der Waals surface area contributed by atoms with E-state index in [0.29, 0.717) is 8.75 Å². The Bertz CT molecular complexity index is 299. The van der Waals surface area contributed by atoms with E-state index >= 15 is 0 Å². The van der Waals surface area contributed by atoms with Crippen LogP contribution in [0.4, 0.5) is 0 Å². The number of ether oxygens (including phenoxy) is 1. The predicted molar refractivity (Wildman–Crippen MR) is 61.4 cm³/mol. The fourth-order valence-electron chi connectivity index (χ4n) is 1.48. The maximum Gasteiger partial charge on any atom is 0.123 e. The molecular weight excluding hydrogens is 331 g/mol. The van der Waals surface area contributed by atoms with Crippen LogP contribution in [0.15, 0.2) is 18.2 Å². The minimum absolute atomic E-state index is 0.503. The largest absolute Gasteiger partial charge is 0.496 e. The second-order valence-corrected chi connectivity index (χ2v) is 5.10. The molecule has 0 N–H and O–H groups in total. The lowest BCUT2D eigenvalue weighted by atomic mass is 9.87. The van der Waals surface area contributed by atoms with Crippen LogP contribution < -0.4 is 4.74 Å². The number of hydrogen-bond acceptors (Lipinski definition) is 1. The van der Waals surface area contributed by atoms with Crippen LogP contribution in [0.3, 0.4) is 0 Å². The zero-order chi connectivity index (χ0) is 8.72. The monoisotopic (exact) mass is 338 g/mol. The van der Waals surface area contributed by atoms with Crippen LogP contribution in [-0.4, -0.2) is 7.11 Å². The van der Waals surface area contributed by atoms with Crippen molar-refractivity contribution in [3.63, 3.8) is 0 Å². The van der Waals surface area contributed by atoms with Gasteiger partial charge in [0.1, 0.15) is 5.75 Å². The van der Waals surface area contributed by atoms with Crippen molar-refractivity contribution in [3.05, 3.63) is 29.3 Å². The predicted octanol–water partition coefficient (Wildman–Crippen LogP) is 3.62. The minimum atomic E-state index is 0.503. The normalized spacial score (nSPS) is 25.9. The average Bonchev–Trinajstić information content (AvgIpc) is 2.15. The molecule has 0 fully saturated rings. The molecule has 1 aromatic rings. The SMILES string of the molecule is COc1cccc2c1C(I)C2Br. The van der Waals surface area contributed by atoms with Gasteiger partial charge in [-0.25, -0.2) is 0 Å². The molecule has 64 valence electrons. The van der Waals surface area contributed by atoms with Gasteiger partial charge in [-0.05, 0) is 11.6 Å². The molecule has 0 aromatic heterocycles. The Hall–Kier alpha value is 0.230. The van der Waals surface area contributed by atoms with Gasteiger partial charge in [0.2, 0.25) is 0 Å². The molecule has 1 nitrogen and oxygen atoms in total. The van der Waals surface area contributed by atoms with Crippen LogP contribution in [0.1, 0.15) is 19.9 Å². The van der Waals surface area contributed by atoms with E-state index in [1.165, 1.54) is 11.1 Å². The van der Waals surface area contributed by atoms with Gasteiger partial charge in [-0.15, -0.1) is 0 Å². The molecule has 0 aliphatic heterocycles. The Balaban J connectivity index is 2.51. The number of benzene rings is 1. The van der Waals surface area contributed by atoms with Gasteiger partial charge >= 0.3 is 0 Å². The number of methoxy groups -OCH3 is 1. The zero-order valence-electron chi connectivity index (χ0n) is 6.55. The highest BCUT2D eigenvalue weighted by Gasteiger charge is 2.36. The van der Waals surface area contributed by atoms with Crippen molar-refractivity contribution in [2.24, 2.45) is 0 Å². The van der Waals surface area contributed by atoms with E-state index in [1.807, 2.05) is 12.1 Å². The van der Waals surface area contributed by atoms with E-state index < -0.39 is 0 Å². The summed E-state index contributed by atoms with van der Waals surface area (Å²) < 4.78 is 5.82. The molecule has 12 heavy (non-hydrogen) atoms. The molecule has 3 heteroatoms. The van der Waals surface area contributed by atoms with E-state index in [2.05, 4.69) is 44.6 Å². The molecule has 2 atom stereocenters. The standard InChI is InChI=1S/C9H8BrIO/c1-12-6-4-2-3-5-7(6)9(11)8(5)10/h2-4,8-9H,1H3. The van der Waals surface area contributed by atoms with Crippen molar-refractivity contribution in [1.29, 1.82) is 0 Å². The third-order valence-electron chi connectivity index (χ3n) is 2.15.